The molecule has 1 aromatic carbocycles. The van der Waals surface area contributed by atoms with Crippen LogP contribution < -0.4 is 10.2 Å². The highest BCUT2D eigenvalue weighted by molar-refractivity contribution is 5.64. The average Bonchev–Trinajstić information content (AvgIpc) is 2.64. The van der Waals surface area contributed by atoms with Gasteiger partial charge in [-0.05, 0) is 30.3 Å². The summed E-state index contributed by atoms with van der Waals surface area (Å²) in [6.07, 6.45) is 7.66. The molecule has 6 heteroatoms. The standard InChI is InChI=1S/C18H20N6/c1-19-9-10-20-11-12-22-18-21-8-6-17(23-18)24-13-7-15-4-2-3-5-16(15)14-24/h2-6,8-11H,1,7,12-14H2,(H,21,22,23)/b10-9-,20-11-. The maximum absolute atomic E-state index is 4.60. The van der Waals surface area contributed by atoms with E-state index in [0.29, 0.717) is 12.5 Å². The summed E-state index contributed by atoms with van der Waals surface area (Å²) in [5.74, 6) is 1.54. The zero-order valence-corrected chi connectivity index (χ0v) is 13.5. The number of nitrogens with one attached hydrogen (secondary N) is 1. The van der Waals surface area contributed by atoms with E-state index in [2.05, 4.69) is 61.2 Å². The van der Waals surface area contributed by atoms with Crippen molar-refractivity contribution in [3.05, 3.63) is 60.1 Å². The van der Waals surface area contributed by atoms with Crippen LogP contribution in [0.15, 0.2) is 58.9 Å². The van der Waals surface area contributed by atoms with Crippen molar-refractivity contribution >= 4 is 24.7 Å². The molecular weight excluding hydrogens is 300 g/mol. The summed E-state index contributed by atoms with van der Waals surface area (Å²) < 4.78 is 0. The van der Waals surface area contributed by atoms with Gasteiger partial charge in [0.25, 0.3) is 0 Å². The Morgan fingerprint density at radius 3 is 2.96 bits per heavy atom. The van der Waals surface area contributed by atoms with Crippen LogP contribution in [-0.4, -0.2) is 36.0 Å². The Kier molecular flexibility index (Phi) is 5.29. The van der Waals surface area contributed by atoms with Crippen LogP contribution in [0.4, 0.5) is 11.8 Å². The molecular formula is C18H20N6. The Morgan fingerprint density at radius 2 is 2.08 bits per heavy atom. The average molecular weight is 320 g/mol. The molecule has 3 rings (SSSR count). The first-order valence-electron chi connectivity index (χ1n) is 7.88. The second kappa shape index (κ2) is 8.01. The van der Waals surface area contributed by atoms with Crippen LogP contribution in [0.3, 0.4) is 0 Å². The van der Waals surface area contributed by atoms with Gasteiger partial charge in [0.2, 0.25) is 5.95 Å². The molecule has 6 nitrogen and oxygen atoms in total. The molecule has 2 aromatic rings. The molecule has 0 saturated heterocycles. The van der Waals surface area contributed by atoms with Gasteiger partial charge in [0.15, 0.2) is 0 Å². The van der Waals surface area contributed by atoms with Crippen molar-refractivity contribution in [1.29, 1.82) is 0 Å². The van der Waals surface area contributed by atoms with Gasteiger partial charge in [-0.1, -0.05) is 24.3 Å². The predicted molar refractivity (Wildman–Crippen MR) is 98.9 cm³/mol. The zero-order valence-electron chi connectivity index (χ0n) is 13.5. The minimum absolute atomic E-state index is 0.549. The van der Waals surface area contributed by atoms with E-state index in [1.54, 1.807) is 18.6 Å². The molecule has 1 aliphatic rings. The molecule has 1 aliphatic heterocycles. The van der Waals surface area contributed by atoms with Crippen molar-refractivity contribution in [2.45, 2.75) is 13.0 Å². The first-order valence-corrected chi connectivity index (χ1v) is 7.88. The molecule has 0 fully saturated rings. The second-order valence-corrected chi connectivity index (χ2v) is 5.37. The number of benzene rings is 1. The van der Waals surface area contributed by atoms with Crippen molar-refractivity contribution in [1.82, 2.24) is 9.97 Å². The third-order valence-corrected chi connectivity index (χ3v) is 3.81. The normalized spacial score (nSPS) is 14.1. The molecule has 1 aromatic heterocycles. The van der Waals surface area contributed by atoms with Crippen LogP contribution in [0.1, 0.15) is 11.1 Å². The molecule has 0 aliphatic carbocycles. The fourth-order valence-corrected chi connectivity index (χ4v) is 2.64. The quantitative estimate of drug-likeness (QED) is 0.831. The maximum Gasteiger partial charge on any atom is 0.224 e. The number of hydrogen-bond acceptors (Lipinski definition) is 6. The van der Waals surface area contributed by atoms with Crippen LogP contribution in [0.25, 0.3) is 0 Å². The van der Waals surface area contributed by atoms with E-state index in [9.17, 15) is 0 Å². The van der Waals surface area contributed by atoms with Gasteiger partial charge >= 0.3 is 0 Å². The first-order chi connectivity index (χ1) is 11.9. The van der Waals surface area contributed by atoms with Crippen LogP contribution in [0, 0.1) is 0 Å². The van der Waals surface area contributed by atoms with Gasteiger partial charge in [-0.15, -0.1) is 0 Å². The van der Waals surface area contributed by atoms with Gasteiger partial charge < -0.3 is 10.2 Å². The largest absolute Gasteiger partial charge is 0.352 e. The minimum Gasteiger partial charge on any atom is -0.352 e. The number of aromatic nitrogens is 2. The van der Waals surface area contributed by atoms with Crippen LogP contribution in [0.5, 0.6) is 0 Å². The van der Waals surface area contributed by atoms with Gasteiger partial charge in [0, 0.05) is 37.9 Å². The van der Waals surface area contributed by atoms with E-state index in [0.717, 1.165) is 25.3 Å². The SMILES string of the molecule is C=N/C=C\N=C/CNc1nccc(N2CCc3ccccc3C2)n1. The molecule has 1 N–H and O–H groups in total. The second-order valence-electron chi connectivity index (χ2n) is 5.37. The number of fused-ring (bicyclic) bond motifs is 1. The van der Waals surface area contributed by atoms with E-state index in [1.165, 1.54) is 17.3 Å². The maximum atomic E-state index is 4.60. The first kappa shape index (κ1) is 15.9. The predicted octanol–water partition coefficient (Wildman–Crippen LogP) is 2.69. The highest BCUT2D eigenvalue weighted by Gasteiger charge is 2.17. The van der Waals surface area contributed by atoms with Crippen LogP contribution >= 0.6 is 0 Å². The van der Waals surface area contributed by atoms with Crippen molar-refractivity contribution in [3.8, 4) is 0 Å². The number of hydrogen-bond donors (Lipinski definition) is 1. The molecule has 2 heterocycles. The summed E-state index contributed by atoms with van der Waals surface area (Å²) in [4.78, 5) is 18.8. The topological polar surface area (TPSA) is 65.8 Å². The van der Waals surface area contributed by atoms with Crippen molar-refractivity contribution in [2.75, 3.05) is 23.3 Å². The number of rotatable bonds is 6. The third kappa shape index (κ3) is 4.04. The summed E-state index contributed by atoms with van der Waals surface area (Å²) >= 11 is 0. The fraction of sp³-hybridized carbons (Fsp3) is 0.222. The Labute approximate surface area is 141 Å². The van der Waals surface area contributed by atoms with E-state index in [1.807, 2.05) is 6.07 Å². The Balaban J connectivity index is 1.62. The van der Waals surface area contributed by atoms with Gasteiger partial charge in [0.1, 0.15) is 5.82 Å². The monoisotopic (exact) mass is 320 g/mol. The summed E-state index contributed by atoms with van der Waals surface area (Å²) in [5, 5.41) is 3.14. The molecule has 0 amide bonds. The lowest BCUT2D eigenvalue weighted by atomic mass is 10.00. The highest BCUT2D eigenvalue weighted by atomic mass is 15.2. The third-order valence-electron chi connectivity index (χ3n) is 3.81. The van der Waals surface area contributed by atoms with Crippen LogP contribution in [-0.2, 0) is 13.0 Å². The molecule has 24 heavy (non-hydrogen) atoms. The minimum atomic E-state index is 0.549. The zero-order chi connectivity index (χ0) is 16.6. The molecule has 122 valence electrons. The van der Waals surface area contributed by atoms with E-state index in [-0.39, 0.29) is 0 Å². The summed E-state index contributed by atoms with van der Waals surface area (Å²) in [6.45, 7) is 5.74. The molecule has 0 atom stereocenters. The molecule has 0 saturated carbocycles. The lowest BCUT2D eigenvalue weighted by Crippen LogP contribution is -2.31. The van der Waals surface area contributed by atoms with Crippen molar-refractivity contribution in [2.24, 2.45) is 9.98 Å². The Hall–Kier alpha value is -3.02. The lowest BCUT2D eigenvalue weighted by Gasteiger charge is -2.29. The van der Waals surface area contributed by atoms with E-state index < -0.39 is 0 Å². The summed E-state index contributed by atoms with van der Waals surface area (Å²) in [7, 11) is 0. The van der Waals surface area contributed by atoms with Crippen molar-refractivity contribution in [3.63, 3.8) is 0 Å². The Bertz CT molecular complexity index is 753. The van der Waals surface area contributed by atoms with Gasteiger partial charge in [-0.25, -0.2) is 4.98 Å². The van der Waals surface area contributed by atoms with E-state index >= 15 is 0 Å². The van der Waals surface area contributed by atoms with Gasteiger partial charge in [0.05, 0.1) is 6.54 Å². The highest BCUT2D eigenvalue weighted by Crippen LogP contribution is 2.23. The summed E-state index contributed by atoms with van der Waals surface area (Å²) in [6, 6.07) is 10.5. The smallest absolute Gasteiger partial charge is 0.224 e. The van der Waals surface area contributed by atoms with Gasteiger partial charge in [-0.3, -0.25) is 9.98 Å². The van der Waals surface area contributed by atoms with E-state index in [4.69, 9.17) is 0 Å². The number of nitrogens with zero attached hydrogens (tertiary/aromatic N) is 5. The fourth-order valence-electron chi connectivity index (χ4n) is 2.64. The van der Waals surface area contributed by atoms with Crippen molar-refractivity contribution < 1.29 is 0 Å². The lowest BCUT2D eigenvalue weighted by molar-refractivity contribution is 0.720. The molecule has 0 bridgehead atoms. The van der Waals surface area contributed by atoms with Crippen LogP contribution in [0.2, 0.25) is 0 Å². The number of aliphatic imine (C=N–C) groups is 2. The summed E-state index contributed by atoms with van der Waals surface area (Å²) in [5.41, 5.74) is 2.80. The number of anilines is 2. The molecule has 0 radical (unpaired) electrons. The Morgan fingerprint density at radius 1 is 1.21 bits per heavy atom. The molecule has 0 spiro atoms. The van der Waals surface area contributed by atoms with Gasteiger partial charge in [-0.2, -0.15) is 4.98 Å². The molecule has 0 unspecified atom stereocenters.